The Labute approximate surface area is 114 Å². The first-order valence-corrected chi connectivity index (χ1v) is 6.05. The summed E-state index contributed by atoms with van der Waals surface area (Å²) in [6.45, 7) is 0. The quantitative estimate of drug-likeness (QED) is 0.752. The molecule has 0 atom stereocenters. The lowest BCUT2D eigenvalue weighted by Gasteiger charge is -1.98. The molecule has 0 bridgehead atoms. The molecule has 6 nitrogen and oxygen atoms in total. The number of aromatic nitrogens is 3. The van der Waals surface area contributed by atoms with Crippen LogP contribution in [0.5, 0.6) is 0 Å². The maximum absolute atomic E-state index is 11.4. The topological polar surface area (TPSA) is 93.5 Å². The Hall–Kier alpha value is -2.89. The minimum Gasteiger partial charge on any atom is -0.477 e. The largest absolute Gasteiger partial charge is 0.477 e. The average Bonchev–Trinajstić information content (AvgIpc) is 2.76. The number of hydrogen-bond acceptors (Lipinski definition) is 4. The predicted octanol–water partition coefficient (Wildman–Crippen LogP) is 1.60. The van der Waals surface area contributed by atoms with Crippen LogP contribution < -0.4 is 5.73 Å². The van der Waals surface area contributed by atoms with Gasteiger partial charge >= 0.3 is 5.97 Å². The van der Waals surface area contributed by atoms with Gasteiger partial charge in [-0.2, -0.15) is 5.10 Å². The Bertz CT molecular complexity index is 780. The van der Waals surface area contributed by atoms with E-state index < -0.39 is 5.97 Å². The summed E-state index contributed by atoms with van der Waals surface area (Å²) in [5, 5.41) is 13.7. The van der Waals surface area contributed by atoms with Crippen LogP contribution in [0.1, 0.15) is 21.6 Å². The zero-order valence-corrected chi connectivity index (χ0v) is 10.5. The molecule has 2 heterocycles. The summed E-state index contributed by atoms with van der Waals surface area (Å²) in [4.78, 5) is 15.5. The van der Waals surface area contributed by atoms with Gasteiger partial charge in [0, 0.05) is 6.42 Å². The summed E-state index contributed by atoms with van der Waals surface area (Å²) < 4.78 is 1.41. The van der Waals surface area contributed by atoms with Crippen molar-refractivity contribution in [1.29, 1.82) is 0 Å². The van der Waals surface area contributed by atoms with E-state index >= 15 is 0 Å². The third-order valence-electron chi connectivity index (χ3n) is 2.99. The van der Waals surface area contributed by atoms with Crippen molar-refractivity contribution in [3.8, 4) is 0 Å². The van der Waals surface area contributed by atoms with E-state index in [9.17, 15) is 9.90 Å². The lowest BCUT2D eigenvalue weighted by molar-refractivity contribution is 0.0697. The van der Waals surface area contributed by atoms with Crippen LogP contribution in [-0.2, 0) is 6.42 Å². The first-order chi connectivity index (χ1) is 9.65. The van der Waals surface area contributed by atoms with Crippen molar-refractivity contribution < 1.29 is 9.90 Å². The zero-order chi connectivity index (χ0) is 14.1. The smallest absolute Gasteiger partial charge is 0.341 e. The van der Waals surface area contributed by atoms with Crippen LogP contribution >= 0.6 is 0 Å². The number of carboxylic acids is 1. The summed E-state index contributed by atoms with van der Waals surface area (Å²) in [5.41, 5.74) is 7.96. The van der Waals surface area contributed by atoms with E-state index in [0.717, 1.165) is 5.56 Å². The van der Waals surface area contributed by atoms with Gasteiger partial charge < -0.3 is 10.8 Å². The Morgan fingerprint density at radius 2 is 2.05 bits per heavy atom. The van der Waals surface area contributed by atoms with Crippen molar-refractivity contribution in [3.05, 3.63) is 59.5 Å². The van der Waals surface area contributed by atoms with Gasteiger partial charge in [0.05, 0.1) is 23.8 Å². The second-order valence-corrected chi connectivity index (χ2v) is 4.44. The SMILES string of the molecule is Nc1cnc2c(C(=O)O)c(Cc3ccccc3)nn2c1. The van der Waals surface area contributed by atoms with Crippen molar-refractivity contribution in [2.75, 3.05) is 5.73 Å². The van der Waals surface area contributed by atoms with Crippen molar-refractivity contribution in [2.24, 2.45) is 0 Å². The van der Waals surface area contributed by atoms with Gasteiger partial charge in [-0.3, -0.25) is 0 Å². The van der Waals surface area contributed by atoms with E-state index in [-0.39, 0.29) is 5.56 Å². The molecule has 0 aliphatic rings. The maximum Gasteiger partial charge on any atom is 0.341 e. The normalized spacial score (nSPS) is 10.8. The number of anilines is 1. The fourth-order valence-electron chi connectivity index (χ4n) is 2.13. The molecule has 3 aromatic rings. The van der Waals surface area contributed by atoms with Crippen LogP contribution in [0.4, 0.5) is 5.69 Å². The van der Waals surface area contributed by atoms with Crippen LogP contribution in [0.15, 0.2) is 42.7 Å². The Balaban J connectivity index is 2.14. The molecule has 0 amide bonds. The van der Waals surface area contributed by atoms with Crippen LogP contribution in [0.2, 0.25) is 0 Å². The van der Waals surface area contributed by atoms with Crippen molar-refractivity contribution in [2.45, 2.75) is 6.42 Å². The third kappa shape index (κ3) is 2.07. The molecule has 0 aliphatic heterocycles. The van der Waals surface area contributed by atoms with Gasteiger partial charge in [-0.15, -0.1) is 0 Å². The van der Waals surface area contributed by atoms with Crippen molar-refractivity contribution >= 4 is 17.3 Å². The maximum atomic E-state index is 11.4. The second-order valence-electron chi connectivity index (χ2n) is 4.44. The highest BCUT2D eigenvalue weighted by atomic mass is 16.4. The van der Waals surface area contributed by atoms with Crippen molar-refractivity contribution in [3.63, 3.8) is 0 Å². The number of fused-ring (bicyclic) bond motifs is 1. The summed E-state index contributed by atoms with van der Waals surface area (Å²) in [5.74, 6) is -1.04. The minimum absolute atomic E-state index is 0.119. The number of rotatable bonds is 3. The minimum atomic E-state index is -1.04. The lowest BCUT2D eigenvalue weighted by Crippen LogP contribution is -2.02. The molecule has 0 fully saturated rings. The molecule has 3 rings (SSSR count). The Morgan fingerprint density at radius 1 is 1.30 bits per heavy atom. The highest BCUT2D eigenvalue weighted by Crippen LogP contribution is 2.18. The number of nitrogens with two attached hydrogens (primary N) is 1. The summed E-state index contributed by atoms with van der Waals surface area (Å²) >= 11 is 0. The van der Waals surface area contributed by atoms with Crippen LogP contribution in [0, 0.1) is 0 Å². The molecule has 0 aliphatic carbocycles. The fraction of sp³-hybridized carbons (Fsp3) is 0.0714. The molecule has 0 radical (unpaired) electrons. The number of carbonyl (C=O) groups is 1. The molecule has 6 heteroatoms. The van der Waals surface area contributed by atoms with Gasteiger partial charge in [0.25, 0.3) is 0 Å². The third-order valence-corrected chi connectivity index (χ3v) is 2.99. The van der Waals surface area contributed by atoms with Crippen LogP contribution in [0.3, 0.4) is 0 Å². The van der Waals surface area contributed by atoms with E-state index in [0.29, 0.717) is 23.4 Å². The van der Waals surface area contributed by atoms with Gasteiger partial charge in [-0.1, -0.05) is 30.3 Å². The van der Waals surface area contributed by atoms with Gasteiger partial charge in [0.1, 0.15) is 5.56 Å². The molecule has 1 aromatic carbocycles. The molecular formula is C14H12N4O2. The number of hydrogen-bond donors (Lipinski definition) is 2. The predicted molar refractivity (Wildman–Crippen MR) is 73.6 cm³/mol. The molecular weight excluding hydrogens is 256 g/mol. The van der Waals surface area contributed by atoms with Crippen LogP contribution in [-0.4, -0.2) is 25.7 Å². The van der Waals surface area contributed by atoms with Gasteiger partial charge in [-0.25, -0.2) is 14.3 Å². The van der Waals surface area contributed by atoms with E-state index in [1.54, 1.807) is 6.20 Å². The lowest BCUT2D eigenvalue weighted by atomic mass is 10.1. The summed E-state index contributed by atoms with van der Waals surface area (Å²) in [6.07, 6.45) is 3.42. The standard InChI is InChI=1S/C14H12N4O2/c15-10-7-16-13-12(14(19)20)11(17-18(13)8-10)6-9-4-2-1-3-5-9/h1-5,7-8H,6,15H2,(H,19,20). The molecule has 0 saturated carbocycles. The highest BCUT2D eigenvalue weighted by molar-refractivity contribution is 5.96. The van der Waals surface area contributed by atoms with Crippen molar-refractivity contribution in [1.82, 2.24) is 14.6 Å². The number of nitrogens with zero attached hydrogens (tertiary/aromatic N) is 3. The van der Waals surface area contributed by atoms with E-state index in [2.05, 4.69) is 10.1 Å². The summed E-state index contributed by atoms with van der Waals surface area (Å²) in [7, 11) is 0. The summed E-state index contributed by atoms with van der Waals surface area (Å²) in [6, 6.07) is 9.58. The molecule has 0 spiro atoms. The molecule has 100 valence electrons. The fourth-order valence-corrected chi connectivity index (χ4v) is 2.13. The molecule has 3 N–H and O–H groups in total. The Morgan fingerprint density at radius 3 is 2.75 bits per heavy atom. The average molecular weight is 268 g/mol. The molecule has 0 unspecified atom stereocenters. The number of carboxylic acid groups (broad SMARTS) is 1. The van der Waals surface area contributed by atoms with Gasteiger partial charge in [-0.05, 0) is 5.56 Å². The Kier molecular flexibility index (Phi) is 2.83. The van der Waals surface area contributed by atoms with E-state index in [4.69, 9.17) is 5.73 Å². The van der Waals surface area contributed by atoms with Gasteiger partial charge in [0.2, 0.25) is 0 Å². The van der Waals surface area contributed by atoms with Crippen LogP contribution in [0.25, 0.3) is 5.65 Å². The highest BCUT2D eigenvalue weighted by Gasteiger charge is 2.20. The first kappa shape index (κ1) is 12.2. The molecule has 2 aromatic heterocycles. The zero-order valence-electron chi connectivity index (χ0n) is 10.5. The number of nitrogen functional groups attached to an aromatic ring is 1. The van der Waals surface area contributed by atoms with E-state index in [1.165, 1.54) is 10.7 Å². The number of aromatic carboxylic acids is 1. The van der Waals surface area contributed by atoms with E-state index in [1.807, 2.05) is 30.3 Å². The molecule has 0 saturated heterocycles. The van der Waals surface area contributed by atoms with Gasteiger partial charge in [0.15, 0.2) is 5.65 Å². The first-order valence-electron chi connectivity index (χ1n) is 6.05. The second kappa shape index (κ2) is 4.65. The number of benzene rings is 1. The monoisotopic (exact) mass is 268 g/mol. The molecule has 20 heavy (non-hydrogen) atoms.